The van der Waals surface area contributed by atoms with Crippen LogP contribution in [0.4, 0.5) is 18.9 Å². The van der Waals surface area contributed by atoms with E-state index in [9.17, 15) is 22.8 Å². The lowest BCUT2D eigenvalue weighted by atomic mass is 10.2. The van der Waals surface area contributed by atoms with Crippen molar-refractivity contribution >= 4 is 57.4 Å². The van der Waals surface area contributed by atoms with Crippen LogP contribution < -0.4 is 10.3 Å². The summed E-state index contributed by atoms with van der Waals surface area (Å²) in [4.78, 5) is 25.4. The number of nitrogens with one attached hydrogen (secondary N) is 1. The molecule has 136 valence electrons. The molecule has 2 aromatic rings. The zero-order chi connectivity index (χ0) is 18.9. The van der Waals surface area contributed by atoms with Crippen LogP contribution in [0.3, 0.4) is 0 Å². The molecule has 26 heavy (non-hydrogen) atoms. The maximum Gasteiger partial charge on any atom is 0.416 e. The summed E-state index contributed by atoms with van der Waals surface area (Å²) >= 11 is 7.83. The molecule has 1 saturated heterocycles. The predicted octanol–water partition coefficient (Wildman–Crippen LogP) is 4.20. The summed E-state index contributed by atoms with van der Waals surface area (Å²) < 4.78 is 39.1. The third kappa shape index (κ3) is 4.02. The van der Waals surface area contributed by atoms with Crippen LogP contribution in [0, 0.1) is 0 Å². The average Bonchev–Trinajstić information content (AvgIpc) is 3.18. The van der Waals surface area contributed by atoms with Gasteiger partial charge in [0, 0.05) is 0 Å². The van der Waals surface area contributed by atoms with E-state index in [2.05, 4.69) is 10.5 Å². The number of halogens is 4. The maximum absolute atomic E-state index is 12.9. The molecule has 0 saturated carbocycles. The Balaban J connectivity index is 1.84. The molecular weight excluding hydrogens is 411 g/mol. The van der Waals surface area contributed by atoms with Crippen LogP contribution in [0.15, 0.2) is 41.5 Å². The summed E-state index contributed by atoms with van der Waals surface area (Å²) in [5, 5.41) is 3.96. The number of thiophene rings is 1. The Bertz CT molecular complexity index is 898. The van der Waals surface area contributed by atoms with E-state index in [1.54, 1.807) is 6.07 Å². The molecule has 0 atom stereocenters. The van der Waals surface area contributed by atoms with E-state index < -0.39 is 23.6 Å². The fourth-order valence-corrected chi connectivity index (χ4v) is 3.87. The number of carbonyl (C=O) groups is 2. The molecule has 1 N–H and O–H groups in total. The molecule has 5 nitrogen and oxygen atoms in total. The molecule has 3 rings (SSSR count). The predicted molar refractivity (Wildman–Crippen MR) is 95.6 cm³/mol. The van der Waals surface area contributed by atoms with Crippen molar-refractivity contribution in [1.82, 2.24) is 5.43 Å². The second-order valence-electron chi connectivity index (χ2n) is 5.00. The van der Waals surface area contributed by atoms with Crippen LogP contribution in [-0.2, 0) is 11.0 Å². The lowest BCUT2D eigenvalue weighted by Crippen LogP contribution is -2.31. The summed E-state index contributed by atoms with van der Waals surface area (Å²) in [5.74, 6) is -0.949. The van der Waals surface area contributed by atoms with Gasteiger partial charge in [0.2, 0.25) is 5.91 Å². The normalized spacial score (nSPS) is 16.4. The van der Waals surface area contributed by atoms with Crippen molar-refractivity contribution in [2.45, 2.75) is 6.18 Å². The molecule has 1 aromatic heterocycles. The summed E-state index contributed by atoms with van der Waals surface area (Å²) in [6.45, 7) is 0. The lowest BCUT2D eigenvalue weighted by molar-refractivity contribution is -0.137. The number of amidine groups is 1. The Morgan fingerprint density at radius 2 is 2.04 bits per heavy atom. The van der Waals surface area contributed by atoms with Crippen LogP contribution in [-0.4, -0.2) is 22.7 Å². The number of amides is 2. The Morgan fingerprint density at radius 1 is 1.27 bits per heavy atom. The zero-order valence-electron chi connectivity index (χ0n) is 12.7. The molecule has 2 heterocycles. The van der Waals surface area contributed by atoms with Crippen molar-refractivity contribution in [3.05, 3.63) is 51.2 Å². The highest BCUT2D eigenvalue weighted by Crippen LogP contribution is 2.34. The van der Waals surface area contributed by atoms with Gasteiger partial charge in [0.1, 0.15) is 0 Å². The highest BCUT2D eigenvalue weighted by Gasteiger charge is 2.34. The third-order valence-corrected chi connectivity index (χ3v) is 5.40. The van der Waals surface area contributed by atoms with Gasteiger partial charge in [0.15, 0.2) is 5.17 Å². The van der Waals surface area contributed by atoms with Crippen LogP contribution >= 0.6 is 34.7 Å². The number of rotatable bonds is 3. The van der Waals surface area contributed by atoms with E-state index in [0.29, 0.717) is 9.21 Å². The maximum atomic E-state index is 12.9. The van der Waals surface area contributed by atoms with Crippen LogP contribution in [0.5, 0.6) is 0 Å². The van der Waals surface area contributed by atoms with Gasteiger partial charge in [0.05, 0.1) is 26.2 Å². The van der Waals surface area contributed by atoms with Crippen LogP contribution in [0.2, 0.25) is 4.34 Å². The van der Waals surface area contributed by atoms with Crippen LogP contribution in [0.25, 0.3) is 0 Å². The Kier molecular flexibility index (Phi) is 5.26. The number of hydrazone groups is 1. The molecule has 1 aliphatic rings. The molecule has 1 aromatic carbocycles. The van der Waals surface area contributed by atoms with Gasteiger partial charge in [-0.2, -0.15) is 13.2 Å². The van der Waals surface area contributed by atoms with Crippen molar-refractivity contribution in [3.63, 3.8) is 0 Å². The number of hydrogen-bond acceptors (Lipinski definition) is 5. The molecule has 1 fully saturated rings. The first-order valence-corrected chi connectivity index (χ1v) is 9.20. The number of thioether (sulfide) groups is 1. The van der Waals surface area contributed by atoms with Crippen molar-refractivity contribution in [2.24, 2.45) is 5.10 Å². The second-order valence-corrected chi connectivity index (χ2v) is 7.66. The van der Waals surface area contributed by atoms with Crippen molar-refractivity contribution in [2.75, 3.05) is 10.7 Å². The van der Waals surface area contributed by atoms with Gasteiger partial charge in [0.25, 0.3) is 5.91 Å². The lowest BCUT2D eigenvalue weighted by Gasteiger charge is -2.17. The van der Waals surface area contributed by atoms with Gasteiger partial charge in [-0.3, -0.25) is 14.5 Å². The summed E-state index contributed by atoms with van der Waals surface area (Å²) in [6, 6.07) is 7.42. The van der Waals surface area contributed by atoms with Gasteiger partial charge >= 0.3 is 6.18 Å². The largest absolute Gasteiger partial charge is 0.416 e. The van der Waals surface area contributed by atoms with E-state index in [4.69, 9.17) is 11.6 Å². The first kappa shape index (κ1) is 18.7. The van der Waals surface area contributed by atoms with E-state index >= 15 is 0 Å². The van der Waals surface area contributed by atoms with E-state index in [0.717, 1.165) is 40.1 Å². The molecule has 0 spiro atoms. The number of anilines is 1. The molecule has 0 radical (unpaired) electrons. The van der Waals surface area contributed by atoms with Crippen LogP contribution in [0.1, 0.15) is 15.2 Å². The summed E-state index contributed by atoms with van der Waals surface area (Å²) in [5.41, 5.74) is 1.43. The fourth-order valence-electron chi connectivity index (χ4n) is 2.11. The molecule has 0 aliphatic carbocycles. The quantitative estimate of drug-likeness (QED) is 0.758. The van der Waals surface area contributed by atoms with E-state index in [1.807, 2.05) is 0 Å². The summed E-state index contributed by atoms with van der Waals surface area (Å²) in [7, 11) is 0. The molecule has 2 amide bonds. The topological polar surface area (TPSA) is 61.8 Å². The molecule has 11 heteroatoms. The van der Waals surface area contributed by atoms with Crippen molar-refractivity contribution in [3.8, 4) is 0 Å². The minimum Gasteiger partial charge on any atom is -0.273 e. The standard InChI is InChI=1S/C15H9ClF3N3O2S2/c16-11-5-4-10(26-11)13(24)20-21-14-22(12(23)7-25-14)9-3-1-2-8(6-9)15(17,18)19/h1-6H,7H2,(H,20,24). The third-order valence-electron chi connectivity index (χ3n) is 3.25. The monoisotopic (exact) mass is 419 g/mol. The smallest absolute Gasteiger partial charge is 0.273 e. The van der Waals surface area contributed by atoms with Gasteiger partial charge < -0.3 is 0 Å². The van der Waals surface area contributed by atoms with Gasteiger partial charge in [-0.1, -0.05) is 29.4 Å². The number of hydrogen-bond donors (Lipinski definition) is 1. The second kappa shape index (κ2) is 7.29. The zero-order valence-corrected chi connectivity index (χ0v) is 15.1. The summed E-state index contributed by atoms with van der Waals surface area (Å²) in [6.07, 6.45) is -4.53. The Hall–Kier alpha value is -2.04. The molecular formula is C15H9ClF3N3O2S2. The van der Waals surface area contributed by atoms with E-state index in [-0.39, 0.29) is 16.6 Å². The molecule has 0 bridgehead atoms. The fraction of sp³-hybridized carbons (Fsp3) is 0.133. The molecule has 1 aliphatic heterocycles. The van der Waals surface area contributed by atoms with Crippen molar-refractivity contribution in [1.29, 1.82) is 0 Å². The minimum absolute atomic E-state index is 0.00970. The van der Waals surface area contributed by atoms with E-state index in [1.165, 1.54) is 18.2 Å². The highest BCUT2D eigenvalue weighted by molar-refractivity contribution is 8.15. The first-order chi connectivity index (χ1) is 12.3. The SMILES string of the molecule is O=C(NN=C1SCC(=O)N1c1cccc(C(F)(F)F)c1)c1ccc(Cl)s1. The number of nitrogens with zero attached hydrogens (tertiary/aromatic N) is 2. The Labute approximate surface area is 158 Å². The van der Waals surface area contributed by atoms with Crippen molar-refractivity contribution < 1.29 is 22.8 Å². The molecule has 0 unspecified atom stereocenters. The minimum atomic E-state index is -4.53. The highest BCUT2D eigenvalue weighted by atomic mass is 35.5. The number of alkyl halides is 3. The van der Waals surface area contributed by atoms with Gasteiger partial charge in [-0.25, -0.2) is 5.43 Å². The number of benzene rings is 1. The first-order valence-electron chi connectivity index (χ1n) is 7.02. The average molecular weight is 420 g/mol. The number of carbonyl (C=O) groups excluding carboxylic acids is 2. The van der Waals surface area contributed by atoms with Gasteiger partial charge in [-0.05, 0) is 30.3 Å². The van der Waals surface area contributed by atoms with Gasteiger partial charge in [-0.15, -0.1) is 16.4 Å². The Morgan fingerprint density at radius 3 is 2.69 bits per heavy atom.